The second-order valence-corrected chi connectivity index (χ2v) is 8.87. The number of allylic oxidation sites excluding steroid dienone is 1. The molecule has 4 aromatic rings. The second kappa shape index (κ2) is 7.86. The van der Waals surface area contributed by atoms with Gasteiger partial charge in [0.15, 0.2) is 11.5 Å². The lowest BCUT2D eigenvalue weighted by Gasteiger charge is -2.08. The van der Waals surface area contributed by atoms with Gasteiger partial charge in [0.05, 0.1) is 4.91 Å². The molecule has 1 aromatic heterocycles. The van der Waals surface area contributed by atoms with Gasteiger partial charge in [0.25, 0.3) is 0 Å². The number of ketones is 1. The molecule has 0 unspecified atom stereocenters. The second-order valence-electron chi connectivity index (χ2n) is 7.78. The first-order valence-corrected chi connectivity index (χ1v) is 11.3. The number of Topliss-reactive ketones (excluding diaryl/α,β-unsaturated/α-hetero) is 1. The summed E-state index contributed by atoms with van der Waals surface area (Å²) in [5.74, 6) is 1.16. The molecular formula is C26H18N2O4S. The Hall–Kier alpha value is -3.97. The first-order valence-electron chi connectivity index (χ1n) is 10.5. The number of benzene rings is 3. The molecule has 7 heteroatoms. The monoisotopic (exact) mass is 454 g/mol. The van der Waals surface area contributed by atoms with Crippen LogP contribution < -0.4 is 14.8 Å². The molecule has 0 fully saturated rings. The van der Waals surface area contributed by atoms with Gasteiger partial charge in [-0.1, -0.05) is 42.1 Å². The number of carbonyl (C=O) groups excluding carboxylic acids is 2. The van der Waals surface area contributed by atoms with E-state index in [2.05, 4.69) is 5.32 Å². The van der Waals surface area contributed by atoms with Crippen molar-refractivity contribution in [2.24, 2.45) is 0 Å². The molecular weight excluding hydrogens is 436 g/mol. The van der Waals surface area contributed by atoms with Gasteiger partial charge in [-0.3, -0.25) is 9.59 Å². The van der Waals surface area contributed by atoms with Crippen LogP contribution in [0.2, 0.25) is 0 Å². The predicted octanol–water partition coefficient (Wildman–Crippen LogP) is 5.34. The van der Waals surface area contributed by atoms with Crippen molar-refractivity contribution in [2.45, 2.75) is 11.4 Å². The molecule has 0 aliphatic carbocycles. The van der Waals surface area contributed by atoms with Gasteiger partial charge < -0.3 is 19.4 Å². The van der Waals surface area contributed by atoms with E-state index in [4.69, 9.17) is 9.47 Å². The number of amides is 1. The predicted molar refractivity (Wildman–Crippen MR) is 128 cm³/mol. The zero-order valence-electron chi connectivity index (χ0n) is 17.4. The number of aromatic nitrogens is 1. The number of ether oxygens (including phenoxy) is 2. The zero-order chi connectivity index (χ0) is 22.4. The fourth-order valence-electron chi connectivity index (χ4n) is 4.13. The quantitative estimate of drug-likeness (QED) is 0.422. The van der Waals surface area contributed by atoms with Crippen molar-refractivity contribution in [1.29, 1.82) is 0 Å². The number of anilines is 1. The van der Waals surface area contributed by atoms with Gasteiger partial charge in [-0.15, -0.1) is 0 Å². The molecule has 2 aliphatic rings. The average Bonchev–Trinajstić information content (AvgIpc) is 3.51. The summed E-state index contributed by atoms with van der Waals surface area (Å²) in [6, 6.07) is 20.8. The van der Waals surface area contributed by atoms with Crippen molar-refractivity contribution in [2.75, 3.05) is 12.1 Å². The maximum Gasteiger partial charge on any atom is 0.244 e. The van der Waals surface area contributed by atoms with Crippen molar-refractivity contribution in [1.82, 2.24) is 4.57 Å². The van der Waals surface area contributed by atoms with Crippen molar-refractivity contribution in [3.05, 3.63) is 89.0 Å². The number of para-hydroxylation sites is 1. The summed E-state index contributed by atoms with van der Waals surface area (Å²) in [5.41, 5.74) is 3.22. The molecule has 0 saturated heterocycles. The van der Waals surface area contributed by atoms with Crippen LogP contribution in [0.15, 0.2) is 82.7 Å². The highest BCUT2D eigenvalue weighted by Gasteiger charge is 2.25. The van der Waals surface area contributed by atoms with Crippen molar-refractivity contribution in [3.63, 3.8) is 0 Å². The van der Waals surface area contributed by atoms with E-state index in [-0.39, 0.29) is 25.0 Å². The summed E-state index contributed by atoms with van der Waals surface area (Å²) < 4.78 is 12.6. The minimum atomic E-state index is -0.160. The number of carbonyl (C=O) groups is 2. The Morgan fingerprint density at radius 1 is 1.03 bits per heavy atom. The van der Waals surface area contributed by atoms with Gasteiger partial charge in [0.2, 0.25) is 18.5 Å². The highest BCUT2D eigenvalue weighted by molar-refractivity contribution is 8.04. The van der Waals surface area contributed by atoms with Crippen molar-refractivity contribution < 1.29 is 19.1 Å². The van der Waals surface area contributed by atoms with Crippen molar-refractivity contribution in [3.8, 4) is 11.5 Å². The molecule has 1 N–H and O–H groups in total. The van der Waals surface area contributed by atoms with E-state index in [9.17, 15) is 9.59 Å². The molecule has 33 heavy (non-hydrogen) atoms. The normalized spacial score (nSPS) is 15.3. The van der Waals surface area contributed by atoms with Crippen LogP contribution in [0, 0.1) is 0 Å². The summed E-state index contributed by atoms with van der Waals surface area (Å²) in [4.78, 5) is 27.3. The van der Waals surface area contributed by atoms with Crippen molar-refractivity contribution >= 4 is 46.1 Å². The third-order valence-corrected chi connectivity index (χ3v) is 6.75. The Labute approximate surface area is 193 Å². The fourth-order valence-corrected chi connectivity index (χ4v) is 5.17. The first-order chi connectivity index (χ1) is 16.2. The van der Waals surface area contributed by atoms with Crippen LogP contribution in [-0.2, 0) is 11.3 Å². The van der Waals surface area contributed by atoms with Gasteiger partial charge >= 0.3 is 0 Å². The third kappa shape index (κ3) is 3.56. The molecule has 6 rings (SSSR count). The number of thioether (sulfide) groups is 1. The van der Waals surface area contributed by atoms with E-state index < -0.39 is 0 Å². The minimum absolute atomic E-state index is 0.0352. The van der Waals surface area contributed by atoms with Crippen LogP contribution in [0.3, 0.4) is 0 Å². The number of rotatable bonds is 4. The Morgan fingerprint density at radius 2 is 1.85 bits per heavy atom. The highest BCUT2D eigenvalue weighted by atomic mass is 32.2. The van der Waals surface area contributed by atoms with Crippen LogP contribution >= 0.6 is 11.8 Å². The molecule has 0 radical (unpaired) electrons. The number of nitrogens with zero attached hydrogens (tertiary/aromatic N) is 1. The zero-order valence-corrected chi connectivity index (χ0v) is 18.2. The van der Waals surface area contributed by atoms with Crippen LogP contribution in [0.4, 0.5) is 5.69 Å². The van der Waals surface area contributed by atoms with E-state index in [1.54, 1.807) is 18.2 Å². The van der Waals surface area contributed by atoms with E-state index in [0.29, 0.717) is 22.1 Å². The number of hydrogen-bond donors (Lipinski definition) is 1. The lowest BCUT2D eigenvalue weighted by molar-refractivity contribution is -0.116. The van der Waals surface area contributed by atoms with E-state index >= 15 is 0 Å². The maximum absolute atomic E-state index is 12.8. The van der Waals surface area contributed by atoms with Gasteiger partial charge in [-0.25, -0.2) is 0 Å². The minimum Gasteiger partial charge on any atom is -0.454 e. The average molecular weight is 455 g/mol. The molecule has 162 valence electrons. The lowest BCUT2D eigenvalue weighted by atomic mass is 10.1. The molecule has 6 nitrogen and oxygen atoms in total. The molecule has 0 spiro atoms. The highest BCUT2D eigenvalue weighted by Crippen LogP contribution is 2.41. The molecule has 0 bridgehead atoms. The Morgan fingerprint density at radius 3 is 2.76 bits per heavy atom. The fraction of sp³-hybridized carbons (Fsp3) is 0.0769. The smallest absolute Gasteiger partial charge is 0.244 e. The molecule has 2 aliphatic heterocycles. The molecule has 0 saturated carbocycles. The summed E-state index contributed by atoms with van der Waals surface area (Å²) in [5, 5.41) is 3.91. The van der Waals surface area contributed by atoms with Crippen LogP contribution in [0.5, 0.6) is 11.5 Å². The third-order valence-electron chi connectivity index (χ3n) is 5.65. The first kappa shape index (κ1) is 19.7. The van der Waals surface area contributed by atoms with Gasteiger partial charge in [0.1, 0.15) is 6.54 Å². The summed E-state index contributed by atoms with van der Waals surface area (Å²) >= 11 is 1.48. The summed E-state index contributed by atoms with van der Waals surface area (Å²) in [7, 11) is 0. The van der Waals surface area contributed by atoms with Crippen LogP contribution in [-0.4, -0.2) is 23.1 Å². The van der Waals surface area contributed by atoms with E-state index in [1.807, 2.05) is 65.4 Å². The topological polar surface area (TPSA) is 69.6 Å². The molecule has 0 atom stereocenters. The number of hydrogen-bond acceptors (Lipinski definition) is 5. The van der Waals surface area contributed by atoms with Crippen LogP contribution in [0.1, 0.15) is 15.9 Å². The van der Waals surface area contributed by atoms with E-state index in [0.717, 1.165) is 26.9 Å². The summed E-state index contributed by atoms with van der Waals surface area (Å²) in [6.07, 6.45) is 3.84. The van der Waals surface area contributed by atoms with E-state index in [1.165, 1.54) is 11.8 Å². The SMILES string of the molecule is O=C(Cn1cc(/C=C2/Sc3ccccc3C2=O)c2ccccc21)Nc1ccc2c(c1)OCO2. The molecule has 1 amide bonds. The van der Waals surface area contributed by atoms with Gasteiger partial charge in [-0.2, -0.15) is 0 Å². The Bertz CT molecular complexity index is 1470. The molecule has 3 aromatic carbocycles. The standard InChI is InChI=1S/C26H18N2O4S/c29-25(27-17-9-10-21-22(12-17)32-15-31-21)14-28-13-16(18-5-1-3-7-20(18)28)11-24-26(30)19-6-2-4-8-23(19)33-24/h1-13H,14-15H2,(H,27,29)/b24-11+. The van der Waals surface area contributed by atoms with Crippen LogP contribution in [0.25, 0.3) is 17.0 Å². The Kier molecular flexibility index (Phi) is 4.69. The Balaban J connectivity index is 1.28. The summed E-state index contributed by atoms with van der Waals surface area (Å²) in [6.45, 7) is 0.325. The maximum atomic E-state index is 12.8. The largest absolute Gasteiger partial charge is 0.454 e. The lowest BCUT2D eigenvalue weighted by Crippen LogP contribution is -2.18. The van der Waals surface area contributed by atoms with Gasteiger partial charge in [0, 0.05) is 44.9 Å². The number of nitrogens with one attached hydrogen (secondary N) is 1. The van der Waals surface area contributed by atoms with Gasteiger partial charge in [-0.05, 0) is 36.4 Å². The molecule has 3 heterocycles. The number of fused-ring (bicyclic) bond motifs is 3.